The fourth-order valence-corrected chi connectivity index (χ4v) is 2.25. The summed E-state index contributed by atoms with van der Waals surface area (Å²) < 4.78 is 22.4. The van der Waals surface area contributed by atoms with Crippen LogP contribution < -0.4 is 5.06 Å². The van der Waals surface area contributed by atoms with E-state index in [9.17, 15) is 18.8 Å². The number of esters is 2. The summed E-state index contributed by atoms with van der Waals surface area (Å²) in [6.07, 6.45) is 0. The molecule has 27 heavy (non-hydrogen) atoms. The maximum absolute atomic E-state index is 13.3. The lowest BCUT2D eigenvalue weighted by atomic mass is 10.1. The molecule has 0 spiro atoms. The summed E-state index contributed by atoms with van der Waals surface area (Å²) in [6.45, 7) is -0.173. The van der Waals surface area contributed by atoms with Gasteiger partial charge in [-0.05, 0) is 29.8 Å². The van der Waals surface area contributed by atoms with Crippen molar-refractivity contribution in [2.45, 2.75) is 6.61 Å². The molecule has 0 aliphatic rings. The van der Waals surface area contributed by atoms with Crippen LogP contribution in [0, 0.1) is 11.7 Å². The molecular formula is C19H18FNO6. The van der Waals surface area contributed by atoms with Gasteiger partial charge in [0.25, 0.3) is 5.91 Å². The lowest BCUT2D eigenvalue weighted by Gasteiger charge is -2.24. The maximum atomic E-state index is 13.3. The number of ether oxygens (including phenoxy) is 2. The normalized spacial score (nSPS) is 10.4. The Hall–Kier alpha value is -3.26. The van der Waals surface area contributed by atoms with E-state index in [1.165, 1.54) is 18.2 Å². The number of hydroxylamine groups is 1. The monoisotopic (exact) mass is 375 g/mol. The SMILES string of the molecule is COC(=O)C(C(=O)OC)C(=O)N(OCc1cccc(F)c1)c1ccccc1. The van der Waals surface area contributed by atoms with Gasteiger partial charge in [0.2, 0.25) is 5.92 Å². The van der Waals surface area contributed by atoms with Crippen LogP contribution in [0.1, 0.15) is 5.56 Å². The highest BCUT2D eigenvalue weighted by molar-refractivity contribution is 6.18. The Labute approximate surface area is 155 Å². The number of methoxy groups -OCH3 is 2. The molecule has 0 N–H and O–H groups in total. The van der Waals surface area contributed by atoms with E-state index in [0.29, 0.717) is 5.56 Å². The standard InChI is InChI=1S/C19H18FNO6/c1-25-18(23)16(19(24)26-2)17(22)21(15-9-4-3-5-10-15)27-12-13-7-6-8-14(20)11-13/h3-11,16H,12H2,1-2H3. The van der Waals surface area contributed by atoms with Crippen molar-refractivity contribution in [3.05, 3.63) is 66.0 Å². The molecule has 2 rings (SSSR count). The van der Waals surface area contributed by atoms with E-state index in [0.717, 1.165) is 19.3 Å². The summed E-state index contributed by atoms with van der Waals surface area (Å²) in [6, 6.07) is 13.7. The molecule has 0 aliphatic carbocycles. The summed E-state index contributed by atoms with van der Waals surface area (Å²) in [5.74, 6) is -5.47. The number of carbonyl (C=O) groups is 3. The van der Waals surface area contributed by atoms with Crippen LogP contribution in [-0.2, 0) is 35.3 Å². The molecule has 0 saturated heterocycles. The third kappa shape index (κ3) is 5.11. The number of hydrogen-bond acceptors (Lipinski definition) is 6. The number of para-hydroxylation sites is 1. The molecule has 0 saturated carbocycles. The van der Waals surface area contributed by atoms with Crippen molar-refractivity contribution < 1.29 is 33.1 Å². The molecule has 8 heteroatoms. The van der Waals surface area contributed by atoms with Crippen molar-refractivity contribution in [1.29, 1.82) is 0 Å². The zero-order chi connectivity index (χ0) is 19.8. The molecule has 1 amide bonds. The summed E-state index contributed by atoms with van der Waals surface area (Å²) >= 11 is 0. The summed E-state index contributed by atoms with van der Waals surface area (Å²) in [5.41, 5.74) is 0.730. The molecule has 0 unspecified atom stereocenters. The van der Waals surface area contributed by atoms with Crippen molar-refractivity contribution in [3.63, 3.8) is 0 Å². The zero-order valence-corrected chi connectivity index (χ0v) is 14.8. The van der Waals surface area contributed by atoms with E-state index in [1.54, 1.807) is 36.4 Å². The topological polar surface area (TPSA) is 82.1 Å². The molecule has 2 aromatic rings. The van der Waals surface area contributed by atoms with Crippen molar-refractivity contribution in [2.75, 3.05) is 19.3 Å². The van der Waals surface area contributed by atoms with Gasteiger partial charge in [-0.15, -0.1) is 0 Å². The Morgan fingerprint density at radius 1 is 0.963 bits per heavy atom. The van der Waals surface area contributed by atoms with Gasteiger partial charge in [-0.2, -0.15) is 5.06 Å². The molecule has 0 radical (unpaired) electrons. The van der Waals surface area contributed by atoms with Crippen molar-refractivity contribution >= 4 is 23.5 Å². The van der Waals surface area contributed by atoms with Gasteiger partial charge < -0.3 is 9.47 Å². The van der Waals surface area contributed by atoms with Gasteiger partial charge in [0, 0.05) is 0 Å². The molecule has 0 bridgehead atoms. The Bertz CT molecular complexity index is 795. The first-order chi connectivity index (χ1) is 13.0. The van der Waals surface area contributed by atoms with Gasteiger partial charge in [-0.3, -0.25) is 19.2 Å². The third-order valence-electron chi connectivity index (χ3n) is 3.56. The smallest absolute Gasteiger partial charge is 0.329 e. The molecule has 0 aliphatic heterocycles. The van der Waals surface area contributed by atoms with Crippen LogP contribution in [-0.4, -0.2) is 32.1 Å². The molecule has 0 aromatic heterocycles. The second-order valence-electron chi connectivity index (χ2n) is 5.35. The Morgan fingerprint density at radius 3 is 2.15 bits per heavy atom. The number of rotatable bonds is 7. The van der Waals surface area contributed by atoms with Crippen molar-refractivity contribution in [1.82, 2.24) is 0 Å². The van der Waals surface area contributed by atoms with E-state index >= 15 is 0 Å². The van der Waals surface area contributed by atoms with E-state index in [1.807, 2.05) is 0 Å². The minimum atomic E-state index is -1.85. The number of hydrogen-bond donors (Lipinski definition) is 0. The largest absolute Gasteiger partial charge is 0.468 e. The summed E-state index contributed by atoms with van der Waals surface area (Å²) in [7, 11) is 2.10. The van der Waals surface area contributed by atoms with Gasteiger partial charge in [-0.25, -0.2) is 4.39 Å². The summed E-state index contributed by atoms with van der Waals surface area (Å²) in [5, 5.41) is 0.795. The number of halogens is 1. The highest BCUT2D eigenvalue weighted by Gasteiger charge is 2.40. The molecule has 0 atom stereocenters. The number of amides is 1. The highest BCUT2D eigenvalue weighted by Crippen LogP contribution is 2.20. The van der Waals surface area contributed by atoms with E-state index < -0.39 is 29.6 Å². The van der Waals surface area contributed by atoms with Gasteiger partial charge in [0.15, 0.2) is 0 Å². The summed E-state index contributed by atoms with van der Waals surface area (Å²) in [4.78, 5) is 42.2. The lowest BCUT2D eigenvalue weighted by Crippen LogP contribution is -2.44. The van der Waals surface area contributed by atoms with Gasteiger partial charge in [-0.1, -0.05) is 30.3 Å². The van der Waals surface area contributed by atoms with Crippen LogP contribution in [0.3, 0.4) is 0 Å². The minimum Gasteiger partial charge on any atom is -0.468 e. The highest BCUT2D eigenvalue weighted by atomic mass is 19.1. The van der Waals surface area contributed by atoms with Crippen LogP contribution in [0.25, 0.3) is 0 Å². The number of carbonyl (C=O) groups excluding carboxylic acids is 3. The quantitative estimate of drug-likeness (QED) is 0.419. The first kappa shape index (κ1) is 20.1. The average molecular weight is 375 g/mol. The van der Waals surface area contributed by atoms with Crippen LogP contribution in [0.15, 0.2) is 54.6 Å². The molecule has 0 fully saturated rings. The van der Waals surface area contributed by atoms with Crippen LogP contribution in [0.4, 0.5) is 10.1 Å². The molecule has 0 heterocycles. The molecule has 2 aromatic carbocycles. The Morgan fingerprint density at radius 2 is 1.59 bits per heavy atom. The number of benzene rings is 2. The van der Waals surface area contributed by atoms with E-state index in [-0.39, 0.29) is 12.3 Å². The first-order valence-corrected chi connectivity index (χ1v) is 7.90. The van der Waals surface area contributed by atoms with Gasteiger partial charge >= 0.3 is 11.9 Å². The average Bonchev–Trinajstić information content (AvgIpc) is 2.68. The minimum absolute atomic E-state index is 0.173. The van der Waals surface area contributed by atoms with Crippen molar-refractivity contribution in [3.8, 4) is 0 Å². The predicted molar refractivity (Wildman–Crippen MR) is 92.6 cm³/mol. The Kier molecular flexibility index (Phi) is 7.01. The van der Waals surface area contributed by atoms with Crippen LogP contribution in [0.2, 0.25) is 0 Å². The molecular weight excluding hydrogens is 357 g/mol. The van der Waals surface area contributed by atoms with E-state index in [4.69, 9.17) is 4.84 Å². The molecule has 142 valence electrons. The maximum Gasteiger partial charge on any atom is 0.329 e. The zero-order valence-electron chi connectivity index (χ0n) is 14.8. The lowest BCUT2D eigenvalue weighted by molar-refractivity contribution is -0.163. The predicted octanol–water partition coefficient (Wildman–Crippen LogP) is 2.25. The fourth-order valence-electron chi connectivity index (χ4n) is 2.25. The molecule has 7 nitrogen and oxygen atoms in total. The number of nitrogens with zero attached hydrogens (tertiary/aromatic N) is 1. The second-order valence-corrected chi connectivity index (χ2v) is 5.35. The fraction of sp³-hybridized carbons (Fsp3) is 0.211. The Balaban J connectivity index is 2.32. The first-order valence-electron chi connectivity index (χ1n) is 7.90. The number of anilines is 1. The van der Waals surface area contributed by atoms with Gasteiger partial charge in [0.05, 0.1) is 19.9 Å². The third-order valence-corrected chi connectivity index (χ3v) is 3.56. The van der Waals surface area contributed by atoms with Crippen molar-refractivity contribution in [2.24, 2.45) is 5.92 Å². The van der Waals surface area contributed by atoms with Crippen LogP contribution >= 0.6 is 0 Å². The van der Waals surface area contributed by atoms with E-state index in [2.05, 4.69) is 9.47 Å². The second kappa shape index (κ2) is 9.44. The van der Waals surface area contributed by atoms with Gasteiger partial charge in [0.1, 0.15) is 12.4 Å². The van der Waals surface area contributed by atoms with Crippen LogP contribution in [0.5, 0.6) is 0 Å².